The molecule has 160 valence electrons. The topological polar surface area (TPSA) is 92.3 Å². The number of H-pyrrole nitrogens is 1. The van der Waals surface area contributed by atoms with Gasteiger partial charge in [0, 0.05) is 21.8 Å². The second kappa shape index (κ2) is 7.72. The Morgan fingerprint density at radius 3 is 2.41 bits per heavy atom. The van der Waals surface area contributed by atoms with Crippen LogP contribution in [0.5, 0.6) is 0 Å². The highest BCUT2D eigenvalue weighted by atomic mass is 32.1. The SMILES string of the molecule is Cc1cc(-c2c(-c3ccccc3)[nH+]c(N)n3c(=O)n(C(C)c4cccs4)nc23)cc(C)n1. The second-order valence-electron chi connectivity index (χ2n) is 7.84. The molecule has 1 aromatic carbocycles. The van der Waals surface area contributed by atoms with E-state index in [4.69, 9.17) is 10.8 Å². The second-order valence-corrected chi connectivity index (χ2v) is 8.82. The fraction of sp³-hybridized carbons (Fsp3) is 0.167. The number of aromatic nitrogens is 5. The quantitative estimate of drug-likeness (QED) is 0.456. The van der Waals surface area contributed by atoms with Gasteiger partial charge >= 0.3 is 11.6 Å². The molecule has 0 fully saturated rings. The van der Waals surface area contributed by atoms with E-state index in [1.165, 1.54) is 9.08 Å². The largest absolute Gasteiger partial charge is 0.412 e. The van der Waals surface area contributed by atoms with Gasteiger partial charge in [-0.25, -0.2) is 9.78 Å². The van der Waals surface area contributed by atoms with Gasteiger partial charge in [-0.1, -0.05) is 36.4 Å². The van der Waals surface area contributed by atoms with Crippen molar-refractivity contribution in [3.63, 3.8) is 0 Å². The van der Waals surface area contributed by atoms with Crippen LogP contribution in [0.3, 0.4) is 0 Å². The molecule has 0 saturated heterocycles. The summed E-state index contributed by atoms with van der Waals surface area (Å²) >= 11 is 1.60. The number of thiophene rings is 1. The summed E-state index contributed by atoms with van der Waals surface area (Å²) in [7, 11) is 0. The molecule has 0 aliphatic carbocycles. The third-order valence-electron chi connectivity index (χ3n) is 5.52. The highest BCUT2D eigenvalue weighted by molar-refractivity contribution is 7.10. The predicted molar refractivity (Wildman–Crippen MR) is 127 cm³/mol. The molecule has 8 heteroatoms. The van der Waals surface area contributed by atoms with E-state index in [0.717, 1.165) is 38.6 Å². The summed E-state index contributed by atoms with van der Waals surface area (Å²) in [5, 5.41) is 6.80. The summed E-state index contributed by atoms with van der Waals surface area (Å²) in [6.07, 6.45) is 0. The van der Waals surface area contributed by atoms with Crippen LogP contribution in [0.4, 0.5) is 5.95 Å². The van der Waals surface area contributed by atoms with E-state index in [1.807, 2.05) is 80.7 Å². The molecule has 0 saturated carbocycles. The van der Waals surface area contributed by atoms with Gasteiger partial charge in [0.25, 0.3) is 0 Å². The fourth-order valence-electron chi connectivity index (χ4n) is 4.10. The normalized spacial score (nSPS) is 12.3. The van der Waals surface area contributed by atoms with Gasteiger partial charge in [-0.2, -0.15) is 4.68 Å². The van der Waals surface area contributed by atoms with Gasteiger partial charge in [0.2, 0.25) is 5.65 Å². The summed E-state index contributed by atoms with van der Waals surface area (Å²) in [6.45, 7) is 5.89. The Kier molecular flexibility index (Phi) is 4.86. The molecular formula is C24H23N6OS+. The monoisotopic (exact) mass is 443 g/mol. The Labute approximate surface area is 188 Å². The maximum absolute atomic E-state index is 13.4. The van der Waals surface area contributed by atoms with Crippen molar-refractivity contribution in [1.82, 2.24) is 19.2 Å². The zero-order chi connectivity index (χ0) is 22.4. The Morgan fingerprint density at radius 1 is 1.03 bits per heavy atom. The maximum atomic E-state index is 13.4. The average molecular weight is 444 g/mol. The number of anilines is 1. The van der Waals surface area contributed by atoms with Crippen LogP contribution in [-0.2, 0) is 0 Å². The van der Waals surface area contributed by atoms with E-state index >= 15 is 0 Å². The third kappa shape index (κ3) is 3.29. The molecule has 0 aliphatic rings. The summed E-state index contributed by atoms with van der Waals surface area (Å²) in [5.74, 6) is 0.236. The fourth-order valence-corrected chi connectivity index (χ4v) is 4.86. The van der Waals surface area contributed by atoms with E-state index < -0.39 is 0 Å². The number of aromatic amines is 1. The first kappa shape index (κ1) is 20.1. The minimum atomic E-state index is -0.280. The molecule has 4 aromatic heterocycles. The average Bonchev–Trinajstić information content (AvgIpc) is 3.42. The molecule has 0 amide bonds. The van der Waals surface area contributed by atoms with Crippen LogP contribution in [0.1, 0.15) is 29.2 Å². The molecular weight excluding hydrogens is 420 g/mol. The number of nitrogens with two attached hydrogens (primary N) is 1. The van der Waals surface area contributed by atoms with Crippen LogP contribution in [0.2, 0.25) is 0 Å². The van der Waals surface area contributed by atoms with E-state index in [0.29, 0.717) is 5.65 Å². The van der Waals surface area contributed by atoms with Gasteiger partial charge in [-0.15, -0.1) is 20.8 Å². The molecule has 0 radical (unpaired) electrons. The molecule has 7 nitrogen and oxygen atoms in total. The first-order valence-corrected chi connectivity index (χ1v) is 11.2. The van der Waals surface area contributed by atoms with Crippen molar-refractivity contribution in [2.75, 3.05) is 5.73 Å². The van der Waals surface area contributed by atoms with Gasteiger partial charge in [0.05, 0.1) is 11.6 Å². The number of aryl methyl sites for hydroxylation is 2. The van der Waals surface area contributed by atoms with E-state index in [9.17, 15) is 4.79 Å². The lowest BCUT2D eigenvalue weighted by atomic mass is 9.99. The van der Waals surface area contributed by atoms with Crippen molar-refractivity contribution >= 4 is 22.9 Å². The number of hydrogen-bond acceptors (Lipinski definition) is 5. The Bertz CT molecular complexity index is 1460. The number of nitrogens with zero attached hydrogens (tertiary/aromatic N) is 4. The number of pyridine rings is 1. The van der Waals surface area contributed by atoms with Crippen LogP contribution < -0.4 is 16.4 Å². The van der Waals surface area contributed by atoms with E-state index in [1.54, 1.807) is 11.3 Å². The standard InChI is InChI=1S/C24H22N6OS/c1-14-12-18(13-15(2)26-14)20-21(17-8-5-4-6-9-17)27-23(25)29-22(20)28-30(24(29)31)16(3)19-10-7-11-32-19/h4-13,16H,1-3H3,(H2,25,27)/p+1. The highest BCUT2D eigenvalue weighted by Gasteiger charge is 2.27. The lowest BCUT2D eigenvalue weighted by Gasteiger charge is -2.10. The maximum Gasteiger partial charge on any atom is 0.412 e. The molecule has 1 unspecified atom stereocenters. The first-order valence-electron chi connectivity index (χ1n) is 10.3. The van der Waals surface area contributed by atoms with Crippen molar-refractivity contribution in [3.05, 3.63) is 86.7 Å². The van der Waals surface area contributed by atoms with Crippen LogP contribution in [0.25, 0.3) is 28.0 Å². The summed E-state index contributed by atoms with van der Waals surface area (Å²) in [4.78, 5) is 22.2. The summed E-state index contributed by atoms with van der Waals surface area (Å²) in [5.41, 5.74) is 11.9. The molecule has 4 heterocycles. The Hall–Kier alpha value is -3.78. The van der Waals surface area contributed by atoms with Crippen molar-refractivity contribution in [3.8, 4) is 22.4 Å². The summed E-state index contributed by atoms with van der Waals surface area (Å²) < 4.78 is 2.96. The van der Waals surface area contributed by atoms with Crippen LogP contribution in [0, 0.1) is 13.8 Å². The zero-order valence-corrected chi connectivity index (χ0v) is 18.9. The lowest BCUT2D eigenvalue weighted by Crippen LogP contribution is -2.29. The Balaban J connectivity index is 1.88. The van der Waals surface area contributed by atoms with Gasteiger partial charge in [0.15, 0.2) is 0 Å². The molecule has 1 atom stereocenters. The minimum Gasteiger partial charge on any atom is -0.290 e. The molecule has 5 rings (SSSR count). The first-order chi connectivity index (χ1) is 15.4. The van der Waals surface area contributed by atoms with E-state index in [-0.39, 0.29) is 17.7 Å². The number of benzene rings is 1. The van der Waals surface area contributed by atoms with Gasteiger partial charge in [0.1, 0.15) is 5.69 Å². The molecule has 32 heavy (non-hydrogen) atoms. The molecule has 0 aliphatic heterocycles. The molecule has 0 spiro atoms. The molecule has 5 aromatic rings. The number of nitrogens with one attached hydrogen (secondary N) is 1. The third-order valence-corrected chi connectivity index (χ3v) is 6.57. The minimum absolute atomic E-state index is 0.212. The van der Waals surface area contributed by atoms with Gasteiger partial charge in [-0.3, -0.25) is 10.7 Å². The van der Waals surface area contributed by atoms with Crippen LogP contribution in [-0.4, -0.2) is 19.2 Å². The van der Waals surface area contributed by atoms with Crippen molar-refractivity contribution in [2.45, 2.75) is 26.8 Å². The van der Waals surface area contributed by atoms with Gasteiger partial charge in [-0.05, 0) is 49.9 Å². The van der Waals surface area contributed by atoms with Gasteiger partial charge < -0.3 is 0 Å². The molecule has 0 bridgehead atoms. The van der Waals surface area contributed by atoms with E-state index in [2.05, 4.69) is 9.97 Å². The highest BCUT2D eigenvalue weighted by Crippen LogP contribution is 2.33. The van der Waals surface area contributed by atoms with Crippen molar-refractivity contribution in [2.24, 2.45) is 0 Å². The number of nitrogen functional groups attached to an aromatic ring is 1. The zero-order valence-electron chi connectivity index (χ0n) is 18.0. The number of fused-ring (bicyclic) bond motifs is 1. The number of rotatable bonds is 4. The summed E-state index contributed by atoms with van der Waals surface area (Å²) in [6, 6.07) is 17.7. The predicted octanol–water partition coefficient (Wildman–Crippen LogP) is 3.91. The van der Waals surface area contributed by atoms with Crippen LogP contribution >= 0.6 is 11.3 Å². The Morgan fingerprint density at radius 2 is 1.75 bits per heavy atom. The van der Waals surface area contributed by atoms with Crippen LogP contribution in [0.15, 0.2) is 64.8 Å². The number of hydrogen-bond donors (Lipinski definition) is 1. The van der Waals surface area contributed by atoms with Crippen molar-refractivity contribution in [1.29, 1.82) is 0 Å². The lowest BCUT2D eigenvalue weighted by molar-refractivity contribution is -0.351. The van der Waals surface area contributed by atoms with Crippen molar-refractivity contribution < 1.29 is 4.98 Å². The smallest absolute Gasteiger partial charge is 0.290 e. The molecule has 3 N–H and O–H groups in total.